The highest BCUT2D eigenvalue weighted by Gasteiger charge is 2.35. The van der Waals surface area contributed by atoms with E-state index < -0.39 is 8.80 Å². The van der Waals surface area contributed by atoms with Crippen LogP contribution >= 0.6 is 0 Å². The van der Waals surface area contributed by atoms with Crippen LogP contribution in [0.3, 0.4) is 0 Å². The molecular formula is C9H25N3OSi. The fourth-order valence-corrected chi connectivity index (χ4v) is 4.24. The highest BCUT2D eigenvalue weighted by molar-refractivity contribution is 6.66. The largest absolute Gasteiger partial charge is 0.440 e. The molecule has 0 aliphatic heterocycles. The monoisotopic (exact) mass is 219 g/mol. The Morgan fingerprint density at radius 2 is 1.29 bits per heavy atom. The Kier molecular flexibility index (Phi) is 7.39. The van der Waals surface area contributed by atoms with Gasteiger partial charge in [0.25, 0.3) is 0 Å². The molecule has 0 atom stereocenters. The van der Waals surface area contributed by atoms with Gasteiger partial charge in [-0.2, -0.15) is 0 Å². The molecule has 0 amide bonds. The van der Waals surface area contributed by atoms with Gasteiger partial charge in [0.1, 0.15) is 0 Å². The number of rotatable bonds is 8. The van der Waals surface area contributed by atoms with E-state index in [1.807, 2.05) is 0 Å². The average molecular weight is 219 g/mol. The van der Waals surface area contributed by atoms with Gasteiger partial charge in [-0.05, 0) is 33.5 Å². The van der Waals surface area contributed by atoms with Crippen LogP contribution in [0.4, 0.5) is 0 Å². The molecule has 0 aliphatic carbocycles. The van der Waals surface area contributed by atoms with E-state index in [0.717, 1.165) is 19.6 Å². The third-order valence-electron chi connectivity index (χ3n) is 1.69. The Morgan fingerprint density at radius 1 is 0.929 bits per heavy atom. The van der Waals surface area contributed by atoms with Crippen molar-refractivity contribution in [1.29, 1.82) is 0 Å². The van der Waals surface area contributed by atoms with Crippen molar-refractivity contribution in [1.82, 2.24) is 14.9 Å². The average Bonchev–Trinajstić information content (AvgIpc) is 2.03. The fraction of sp³-hybridized carbons (Fsp3) is 1.00. The lowest BCUT2D eigenvalue weighted by atomic mass is 10.5. The summed E-state index contributed by atoms with van der Waals surface area (Å²) in [5, 5.41) is 0. The lowest BCUT2D eigenvalue weighted by molar-refractivity contribution is 0.203. The van der Waals surface area contributed by atoms with Crippen LogP contribution < -0.4 is 14.9 Å². The van der Waals surface area contributed by atoms with E-state index in [0.29, 0.717) is 0 Å². The Morgan fingerprint density at radius 3 is 1.50 bits per heavy atom. The molecule has 4 nitrogen and oxygen atoms in total. The predicted octanol–water partition coefficient (Wildman–Crippen LogP) is 0.676. The van der Waals surface area contributed by atoms with Crippen molar-refractivity contribution in [3.05, 3.63) is 0 Å². The third kappa shape index (κ3) is 5.07. The van der Waals surface area contributed by atoms with Crippen LogP contribution in [0, 0.1) is 0 Å². The molecule has 0 aromatic carbocycles. The molecule has 0 rings (SSSR count). The highest BCUT2D eigenvalue weighted by Crippen LogP contribution is 1.98. The van der Waals surface area contributed by atoms with E-state index in [4.69, 9.17) is 4.43 Å². The molecule has 0 bridgehead atoms. The zero-order valence-corrected chi connectivity index (χ0v) is 11.1. The van der Waals surface area contributed by atoms with Crippen molar-refractivity contribution >= 4 is 8.80 Å². The van der Waals surface area contributed by atoms with Gasteiger partial charge in [-0.25, -0.2) is 0 Å². The zero-order valence-electron chi connectivity index (χ0n) is 10.1. The Hall–Kier alpha value is 0.0569. The van der Waals surface area contributed by atoms with E-state index in [1.54, 1.807) is 0 Å². The van der Waals surface area contributed by atoms with Gasteiger partial charge in [0, 0.05) is 6.10 Å². The van der Waals surface area contributed by atoms with Gasteiger partial charge in [0.05, 0.1) is 0 Å². The molecule has 0 radical (unpaired) electrons. The molecule has 86 valence electrons. The Balaban J connectivity index is 4.37. The molecule has 0 fully saturated rings. The van der Waals surface area contributed by atoms with E-state index in [2.05, 4.69) is 49.6 Å². The highest BCUT2D eigenvalue weighted by atomic mass is 28.4. The van der Waals surface area contributed by atoms with Crippen LogP contribution in [-0.4, -0.2) is 34.5 Å². The molecule has 0 saturated carbocycles. The van der Waals surface area contributed by atoms with Crippen molar-refractivity contribution in [3.8, 4) is 0 Å². The standard InChI is InChI=1S/C9H25N3OSi/c1-6-10-14(11-7-2,12-8-3)13-9(4)5/h9-12H,6-8H2,1-5H3. The summed E-state index contributed by atoms with van der Waals surface area (Å²) in [5.41, 5.74) is 0. The first-order valence-corrected chi connectivity index (χ1v) is 7.43. The van der Waals surface area contributed by atoms with Crippen molar-refractivity contribution in [2.45, 2.75) is 40.7 Å². The first-order chi connectivity index (χ1) is 6.60. The lowest BCUT2D eigenvalue weighted by Gasteiger charge is -2.33. The van der Waals surface area contributed by atoms with Gasteiger partial charge in [0.15, 0.2) is 0 Å². The SMILES string of the molecule is CCN[Si](NCC)(NCC)OC(C)C. The van der Waals surface area contributed by atoms with Gasteiger partial charge in [0.2, 0.25) is 0 Å². The summed E-state index contributed by atoms with van der Waals surface area (Å²) >= 11 is 0. The summed E-state index contributed by atoms with van der Waals surface area (Å²) in [4.78, 5) is 10.3. The number of hydrogen-bond donors (Lipinski definition) is 3. The van der Waals surface area contributed by atoms with E-state index >= 15 is 0 Å². The predicted molar refractivity (Wildman–Crippen MR) is 63.0 cm³/mol. The Labute approximate surface area is 89.2 Å². The third-order valence-corrected chi connectivity index (χ3v) is 5.07. The van der Waals surface area contributed by atoms with Crippen molar-refractivity contribution in [3.63, 3.8) is 0 Å². The van der Waals surface area contributed by atoms with Crippen LogP contribution in [0.1, 0.15) is 34.6 Å². The van der Waals surface area contributed by atoms with Crippen molar-refractivity contribution < 1.29 is 4.43 Å². The van der Waals surface area contributed by atoms with E-state index in [-0.39, 0.29) is 6.10 Å². The smallest absolute Gasteiger partial charge is 0.378 e. The molecular weight excluding hydrogens is 194 g/mol. The summed E-state index contributed by atoms with van der Waals surface area (Å²) in [6.07, 6.45) is 0.235. The normalized spacial score (nSPS) is 12.4. The first kappa shape index (κ1) is 14.1. The summed E-state index contributed by atoms with van der Waals surface area (Å²) in [5.74, 6) is 0. The first-order valence-electron chi connectivity index (χ1n) is 5.53. The minimum atomic E-state index is -2.11. The maximum absolute atomic E-state index is 5.96. The quantitative estimate of drug-likeness (QED) is 0.525. The topological polar surface area (TPSA) is 45.3 Å². The minimum Gasteiger partial charge on any atom is -0.378 e. The second-order valence-electron chi connectivity index (χ2n) is 3.44. The van der Waals surface area contributed by atoms with Crippen LogP contribution in [0.25, 0.3) is 0 Å². The number of nitrogens with one attached hydrogen (secondary N) is 3. The zero-order chi connectivity index (χ0) is 11.0. The molecule has 0 aliphatic rings. The van der Waals surface area contributed by atoms with Crippen LogP contribution in [0.5, 0.6) is 0 Å². The van der Waals surface area contributed by atoms with Crippen molar-refractivity contribution in [2.24, 2.45) is 0 Å². The summed E-state index contributed by atoms with van der Waals surface area (Å²) < 4.78 is 5.96. The fourth-order valence-electron chi connectivity index (χ4n) is 1.41. The molecule has 0 unspecified atom stereocenters. The van der Waals surface area contributed by atoms with Crippen LogP contribution in [-0.2, 0) is 4.43 Å². The van der Waals surface area contributed by atoms with E-state index in [1.165, 1.54) is 0 Å². The molecule has 14 heavy (non-hydrogen) atoms. The maximum Gasteiger partial charge on any atom is 0.440 e. The summed E-state index contributed by atoms with van der Waals surface area (Å²) in [6.45, 7) is 13.2. The second kappa shape index (κ2) is 7.36. The molecule has 5 heteroatoms. The van der Waals surface area contributed by atoms with Gasteiger partial charge < -0.3 is 4.43 Å². The van der Waals surface area contributed by atoms with Crippen molar-refractivity contribution in [2.75, 3.05) is 19.6 Å². The summed E-state index contributed by atoms with van der Waals surface area (Å²) in [6, 6.07) is 0. The van der Waals surface area contributed by atoms with Gasteiger partial charge >= 0.3 is 8.80 Å². The lowest BCUT2D eigenvalue weighted by Crippen LogP contribution is -2.74. The number of hydrogen-bond acceptors (Lipinski definition) is 4. The minimum absolute atomic E-state index is 0.235. The van der Waals surface area contributed by atoms with Gasteiger partial charge in [-0.1, -0.05) is 20.8 Å². The molecule has 0 saturated heterocycles. The van der Waals surface area contributed by atoms with E-state index in [9.17, 15) is 0 Å². The van der Waals surface area contributed by atoms with Gasteiger partial charge in [-0.3, -0.25) is 14.9 Å². The molecule has 0 aromatic heterocycles. The maximum atomic E-state index is 5.96. The molecule has 0 spiro atoms. The van der Waals surface area contributed by atoms with Gasteiger partial charge in [-0.15, -0.1) is 0 Å². The van der Waals surface area contributed by atoms with Crippen LogP contribution in [0.15, 0.2) is 0 Å². The second-order valence-corrected chi connectivity index (χ2v) is 6.10. The Bertz CT molecular complexity index is 127. The molecule has 0 aromatic rings. The molecule has 0 heterocycles. The summed E-state index contributed by atoms with van der Waals surface area (Å²) in [7, 11) is -2.11. The van der Waals surface area contributed by atoms with Crippen LogP contribution in [0.2, 0.25) is 0 Å². The molecule has 3 N–H and O–H groups in total.